The van der Waals surface area contributed by atoms with Gasteiger partial charge in [-0.05, 0) is 62.0 Å². The van der Waals surface area contributed by atoms with Gasteiger partial charge in [-0.1, -0.05) is 42.0 Å². The van der Waals surface area contributed by atoms with Crippen molar-refractivity contribution in [3.63, 3.8) is 0 Å². The molecule has 1 saturated heterocycles. The van der Waals surface area contributed by atoms with Crippen LogP contribution in [-0.2, 0) is 11.3 Å². The molecular weight excluding hydrogens is 357 g/mol. The number of halogens is 1. The van der Waals surface area contributed by atoms with Crippen molar-refractivity contribution < 1.29 is 19.3 Å². The van der Waals surface area contributed by atoms with Crippen LogP contribution in [0.3, 0.4) is 0 Å². The van der Waals surface area contributed by atoms with Gasteiger partial charge in [-0.25, -0.2) is 4.39 Å². The molecule has 1 aliphatic rings. The van der Waals surface area contributed by atoms with Gasteiger partial charge in [-0.2, -0.15) is 0 Å². The Hall–Kier alpha value is -1.79. The first-order chi connectivity index (χ1) is 13.5. The molecule has 1 fully saturated rings. The zero-order valence-corrected chi connectivity index (χ0v) is 16.4. The van der Waals surface area contributed by atoms with E-state index in [2.05, 4.69) is 24.0 Å². The van der Waals surface area contributed by atoms with Gasteiger partial charge in [-0.3, -0.25) is 0 Å². The van der Waals surface area contributed by atoms with Crippen molar-refractivity contribution in [2.75, 3.05) is 26.2 Å². The summed E-state index contributed by atoms with van der Waals surface area (Å²) in [5, 5.41) is 20.8. The average Bonchev–Trinajstić information content (AvgIpc) is 2.70. The van der Waals surface area contributed by atoms with Gasteiger partial charge >= 0.3 is 0 Å². The van der Waals surface area contributed by atoms with E-state index in [4.69, 9.17) is 4.74 Å². The molecule has 0 bridgehead atoms. The Morgan fingerprint density at radius 1 is 1.04 bits per heavy atom. The van der Waals surface area contributed by atoms with E-state index in [0.717, 1.165) is 37.1 Å². The minimum Gasteiger partial charge on any atom is -0.389 e. The summed E-state index contributed by atoms with van der Waals surface area (Å²) in [5.41, 5.74) is 3.09. The number of rotatable bonds is 8. The molecule has 28 heavy (non-hydrogen) atoms. The number of likely N-dealkylation sites (tertiary alicyclic amines) is 1. The summed E-state index contributed by atoms with van der Waals surface area (Å²) >= 11 is 0. The lowest BCUT2D eigenvalue weighted by Gasteiger charge is -2.35. The lowest BCUT2D eigenvalue weighted by Crippen LogP contribution is -2.41. The number of hydrogen-bond donors (Lipinski definition) is 2. The second kappa shape index (κ2) is 10.1. The maximum Gasteiger partial charge on any atom is 0.123 e. The third kappa shape index (κ3) is 6.11. The molecule has 1 heterocycles. The monoisotopic (exact) mass is 387 g/mol. The van der Waals surface area contributed by atoms with E-state index in [-0.39, 0.29) is 11.7 Å². The fourth-order valence-electron chi connectivity index (χ4n) is 3.73. The molecule has 5 heteroatoms. The Morgan fingerprint density at radius 3 is 2.32 bits per heavy atom. The molecule has 4 nitrogen and oxygen atoms in total. The van der Waals surface area contributed by atoms with E-state index in [1.54, 1.807) is 12.1 Å². The Labute approximate surface area is 166 Å². The lowest BCUT2D eigenvalue weighted by atomic mass is 9.87. The van der Waals surface area contributed by atoms with Gasteiger partial charge in [0, 0.05) is 6.54 Å². The van der Waals surface area contributed by atoms with Gasteiger partial charge in [0.25, 0.3) is 0 Å². The van der Waals surface area contributed by atoms with Gasteiger partial charge in [0.2, 0.25) is 0 Å². The second-order valence-corrected chi connectivity index (χ2v) is 7.79. The average molecular weight is 387 g/mol. The Morgan fingerprint density at radius 2 is 1.68 bits per heavy atom. The van der Waals surface area contributed by atoms with E-state index in [9.17, 15) is 14.6 Å². The number of benzene rings is 2. The SMILES string of the molecule is Cc1ccc(COCC(O)CN2CCC(C(O)c3ccc(F)cc3)CC2)cc1. The molecule has 0 aromatic heterocycles. The van der Waals surface area contributed by atoms with Crippen LogP contribution in [0.1, 0.15) is 35.6 Å². The number of ether oxygens (including phenoxy) is 1. The largest absolute Gasteiger partial charge is 0.389 e. The number of piperidine rings is 1. The van der Waals surface area contributed by atoms with E-state index < -0.39 is 12.2 Å². The Kier molecular flexibility index (Phi) is 7.57. The molecule has 2 aromatic carbocycles. The van der Waals surface area contributed by atoms with Crippen molar-refractivity contribution in [1.29, 1.82) is 0 Å². The van der Waals surface area contributed by atoms with Crippen molar-refractivity contribution in [2.45, 2.75) is 38.6 Å². The quantitative estimate of drug-likeness (QED) is 0.728. The Balaban J connectivity index is 1.36. The zero-order valence-electron chi connectivity index (χ0n) is 16.4. The molecule has 0 radical (unpaired) electrons. The maximum atomic E-state index is 13.0. The first kappa shape index (κ1) is 20.9. The standard InChI is InChI=1S/C23H30FNO3/c1-17-2-4-18(5-3-17)15-28-16-22(26)14-25-12-10-20(11-13-25)23(27)19-6-8-21(24)9-7-19/h2-9,20,22-23,26-27H,10-16H2,1H3. The molecule has 0 saturated carbocycles. The lowest BCUT2D eigenvalue weighted by molar-refractivity contribution is -0.00350. The highest BCUT2D eigenvalue weighted by Gasteiger charge is 2.27. The van der Waals surface area contributed by atoms with Gasteiger partial charge in [0.05, 0.1) is 25.4 Å². The van der Waals surface area contributed by atoms with Crippen LogP contribution in [0, 0.1) is 18.7 Å². The van der Waals surface area contributed by atoms with Crippen LogP contribution >= 0.6 is 0 Å². The number of aliphatic hydroxyl groups is 2. The molecule has 2 atom stereocenters. The number of aliphatic hydroxyl groups excluding tert-OH is 2. The summed E-state index contributed by atoms with van der Waals surface area (Å²) in [6.07, 6.45) is 0.625. The first-order valence-electron chi connectivity index (χ1n) is 9.98. The fraction of sp³-hybridized carbons (Fsp3) is 0.478. The number of aryl methyl sites for hydroxylation is 1. The van der Waals surface area contributed by atoms with Crippen molar-refractivity contribution in [3.05, 3.63) is 71.0 Å². The van der Waals surface area contributed by atoms with Crippen LogP contribution in [-0.4, -0.2) is 47.5 Å². The van der Waals surface area contributed by atoms with Crippen molar-refractivity contribution in [2.24, 2.45) is 5.92 Å². The van der Waals surface area contributed by atoms with Crippen LogP contribution in [0.25, 0.3) is 0 Å². The smallest absolute Gasteiger partial charge is 0.123 e. The predicted octanol–water partition coefficient (Wildman–Crippen LogP) is 3.46. The minimum atomic E-state index is -0.564. The zero-order chi connectivity index (χ0) is 19.9. The summed E-state index contributed by atoms with van der Waals surface area (Å²) in [7, 11) is 0. The topological polar surface area (TPSA) is 52.9 Å². The van der Waals surface area contributed by atoms with Crippen molar-refractivity contribution in [3.8, 4) is 0 Å². The third-order valence-electron chi connectivity index (χ3n) is 5.46. The van der Waals surface area contributed by atoms with Crippen LogP contribution in [0.2, 0.25) is 0 Å². The molecule has 2 aromatic rings. The number of β-amino-alcohol motifs (C(OH)–C–C–N with tert-alkyl or cyclic N) is 1. The van der Waals surface area contributed by atoms with Gasteiger partial charge in [-0.15, -0.1) is 0 Å². The summed E-state index contributed by atoms with van der Waals surface area (Å²) in [6, 6.07) is 14.3. The minimum absolute atomic E-state index is 0.164. The molecule has 2 unspecified atom stereocenters. The number of nitrogens with zero attached hydrogens (tertiary/aromatic N) is 1. The van der Waals surface area contributed by atoms with Crippen LogP contribution in [0.4, 0.5) is 4.39 Å². The highest BCUT2D eigenvalue weighted by molar-refractivity contribution is 5.21. The summed E-state index contributed by atoms with van der Waals surface area (Å²) < 4.78 is 18.7. The van der Waals surface area contributed by atoms with Gasteiger partial charge in [0.1, 0.15) is 5.82 Å². The molecule has 0 aliphatic carbocycles. The molecule has 0 spiro atoms. The fourth-order valence-corrected chi connectivity index (χ4v) is 3.73. The molecule has 152 valence electrons. The predicted molar refractivity (Wildman–Crippen MR) is 107 cm³/mol. The van der Waals surface area contributed by atoms with Gasteiger partial charge < -0.3 is 19.8 Å². The van der Waals surface area contributed by atoms with E-state index >= 15 is 0 Å². The van der Waals surface area contributed by atoms with Crippen LogP contribution < -0.4 is 0 Å². The highest BCUT2D eigenvalue weighted by Crippen LogP contribution is 2.30. The molecule has 2 N–H and O–H groups in total. The van der Waals surface area contributed by atoms with Crippen molar-refractivity contribution in [1.82, 2.24) is 4.90 Å². The summed E-state index contributed by atoms with van der Waals surface area (Å²) in [5.74, 6) is -0.124. The maximum absolute atomic E-state index is 13.0. The summed E-state index contributed by atoms with van der Waals surface area (Å²) in [6.45, 7) is 5.11. The van der Waals surface area contributed by atoms with E-state index in [0.29, 0.717) is 19.8 Å². The summed E-state index contributed by atoms with van der Waals surface area (Å²) in [4.78, 5) is 2.22. The molecule has 0 amide bonds. The van der Waals surface area contributed by atoms with E-state index in [1.807, 2.05) is 12.1 Å². The van der Waals surface area contributed by atoms with Gasteiger partial charge in [0.15, 0.2) is 0 Å². The third-order valence-corrected chi connectivity index (χ3v) is 5.46. The second-order valence-electron chi connectivity index (χ2n) is 7.79. The normalized spacial score (nSPS) is 18.1. The molecule has 1 aliphatic heterocycles. The van der Waals surface area contributed by atoms with Crippen LogP contribution in [0.5, 0.6) is 0 Å². The van der Waals surface area contributed by atoms with Crippen LogP contribution in [0.15, 0.2) is 48.5 Å². The molecular formula is C23H30FNO3. The number of hydrogen-bond acceptors (Lipinski definition) is 4. The molecule has 3 rings (SSSR count). The van der Waals surface area contributed by atoms with Crippen molar-refractivity contribution >= 4 is 0 Å². The first-order valence-corrected chi connectivity index (χ1v) is 9.98. The highest BCUT2D eigenvalue weighted by atomic mass is 19.1. The van der Waals surface area contributed by atoms with E-state index in [1.165, 1.54) is 17.7 Å². The Bertz CT molecular complexity index is 712.